The van der Waals surface area contributed by atoms with Gasteiger partial charge in [0.15, 0.2) is 0 Å². The quantitative estimate of drug-likeness (QED) is 0.0371. The molecule has 1 saturated carbocycles. The summed E-state index contributed by atoms with van der Waals surface area (Å²) >= 11 is 0. The van der Waals surface area contributed by atoms with Crippen molar-refractivity contribution in [1.82, 2.24) is 0 Å². The molecular weight excluding hydrogens is 640 g/mol. The molecule has 0 aromatic carbocycles. The molecule has 3 saturated heterocycles. The van der Waals surface area contributed by atoms with Crippen LogP contribution in [0, 0.1) is 11.8 Å². The Hall–Kier alpha value is -1.18. The largest absolute Gasteiger partial charge is 0.463 e. The van der Waals surface area contributed by atoms with E-state index in [1.54, 1.807) is 0 Å². The molecule has 7 nitrogen and oxygen atoms in total. The summed E-state index contributed by atoms with van der Waals surface area (Å²) in [7, 11) is 0. The van der Waals surface area contributed by atoms with Crippen molar-refractivity contribution in [1.29, 1.82) is 0 Å². The Morgan fingerprint density at radius 3 is 1.02 bits per heavy atom. The third kappa shape index (κ3) is 18.1. The highest BCUT2D eigenvalue weighted by Gasteiger charge is 2.54. The monoisotopic (exact) mass is 719 g/mol. The molecule has 3 heterocycles. The van der Waals surface area contributed by atoms with Crippen molar-refractivity contribution in [2.24, 2.45) is 11.8 Å². The number of esters is 2. The van der Waals surface area contributed by atoms with Crippen LogP contribution in [0.1, 0.15) is 206 Å². The summed E-state index contributed by atoms with van der Waals surface area (Å²) in [6.45, 7) is 5.12. The van der Waals surface area contributed by atoms with Crippen molar-refractivity contribution in [3.05, 3.63) is 0 Å². The van der Waals surface area contributed by atoms with Gasteiger partial charge < -0.3 is 23.7 Å². The lowest BCUT2D eigenvalue weighted by Crippen LogP contribution is -2.38. The van der Waals surface area contributed by atoms with Crippen LogP contribution in [0.15, 0.2) is 0 Å². The zero-order chi connectivity index (χ0) is 35.9. The lowest BCUT2D eigenvalue weighted by atomic mass is 9.79. The fourth-order valence-electron chi connectivity index (χ4n) is 8.37. The van der Waals surface area contributed by atoms with Gasteiger partial charge in [0.05, 0.1) is 36.3 Å². The Morgan fingerprint density at radius 1 is 0.412 bits per heavy atom. The predicted octanol–water partition coefficient (Wildman–Crippen LogP) is 11.4. The van der Waals surface area contributed by atoms with E-state index in [0.717, 1.165) is 12.8 Å². The molecule has 296 valence electrons. The fourth-order valence-corrected chi connectivity index (χ4v) is 8.37. The van der Waals surface area contributed by atoms with Crippen molar-refractivity contribution < 1.29 is 33.3 Å². The summed E-state index contributed by atoms with van der Waals surface area (Å²) in [6, 6.07) is 0. The van der Waals surface area contributed by atoms with Crippen LogP contribution in [0.3, 0.4) is 0 Å². The number of fused-ring (bicyclic) bond motifs is 1. The fraction of sp³-hybridized carbons (Fsp3) is 0.955. The van der Waals surface area contributed by atoms with Gasteiger partial charge in [-0.25, -0.2) is 0 Å². The first-order valence-corrected chi connectivity index (χ1v) is 22.4. The van der Waals surface area contributed by atoms with Crippen LogP contribution < -0.4 is 0 Å². The highest BCUT2D eigenvalue weighted by Crippen LogP contribution is 2.44. The SMILES string of the molecule is CCCCCCCCCCCCCCCC1OC1COC(=O)C1CC2OC2CC1C(=O)OCC1OC1CCCCCCCCCCCCCCC. The predicted molar refractivity (Wildman–Crippen MR) is 205 cm³/mol. The molecule has 7 heteroatoms. The second kappa shape index (κ2) is 25.8. The van der Waals surface area contributed by atoms with E-state index in [0.29, 0.717) is 12.8 Å². The number of hydrogen-bond acceptors (Lipinski definition) is 7. The first-order chi connectivity index (χ1) is 25.1. The number of rotatable bonds is 34. The van der Waals surface area contributed by atoms with Crippen molar-refractivity contribution in [3.63, 3.8) is 0 Å². The maximum absolute atomic E-state index is 13.1. The second-order valence-corrected chi connectivity index (χ2v) is 16.6. The Balaban J connectivity index is 0.956. The lowest BCUT2D eigenvalue weighted by molar-refractivity contribution is -0.162. The Morgan fingerprint density at radius 2 is 0.706 bits per heavy atom. The zero-order valence-electron chi connectivity index (χ0n) is 33.1. The number of carbonyl (C=O) groups excluding carboxylic acids is 2. The third-order valence-corrected chi connectivity index (χ3v) is 12.1. The minimum atomic E-state index is -0.499. The van der Waals surface area contributed by atoms with E-state index < -0.39 is 11.8 Å². The van der Waals surface area contributed by atoms with E-state index in [1.165, 1.54) is 167 Å². The summed E-state index contributed by atoms with van der Waals surface area (Å²) in [5.41, 5.74) is 0. The standard InChI is InChI=1S/C44H78O7/c1-3-5-7-9-11-13-15-17-19-21-23-25-27-29-37-41(49-37)33-47-43(45)35-31-39-40(51-39)32-36(35)44(46)48-34-42-38(50-42)30-28-26-24-22-20-18-16-14-12-10-8-6-4-2/h35-42H,3-34H2,1-2H3. The van der Waals surface area contributed by atoms with Crippen LogP contribution in [-0.2, 0) is 33.3 Å². The van der Waals surface area contributed by atoms with Crippen LogP contribution in [0.4, 0.5) is 0 Å². The third-order valence-electron chi connectivity index (χ3n) is 12.1. The maximum atomic E-state index is 13.1. The van der Waals surface area contributed by atoms with Crippen LogP contribution in [-0.4, -0.2) is 61.8 Å². The average Bonchev–Trinajstić information content (AvgIpc) is 4.05. The molecule has 0 bridgehead atoms. The molecule has 0 aromatic rings. The van der Waals surface area contributed by atoms with Crippen molar-refractivity contribution in [3.8, 4) is 0 Å². The van der Waals surface area contributed by atoms with Gasteiger partial charge in [-0.3, -0.25) is 9.59 Å². The molecule has 4 aliphatic rings. The van der Waals surface area contributed by atoms with Crippen LogP contribution >= 0.6 is 0 Å². The van der Waals surface area contributed by atoms with E-state index in [1.807, 2.05) is 0 Å². The Kier molecular flexibility index (Phi) is 21.5. The second-order valence-electron chi connectivity index (χ2n) is 16.6. The molecule has 51 heavy (non-hydrogen) atoms. The highest BCUT2D eigenvalue weighted by atomic mass is 16.6. The van der Waals surface area contributed by atoms with Gasteiger partial charge in [-0.05, 0) is 25.7 Å². The molecule has 1 aliphatic carbocycles. The van der Waals surface area contributed by atoms with Crippen LogP contribution in [0.2, 0.25) is 0 Å². The smallest absolute Gasteiger partial charge is 0.310 e. The number of ether oxygens (including phenoxy) is 5. The lowest BCUT2D eigenvalue weighted by Gasteiger charge is -2.26. The topological polar surface area (TPSA) is 90.2 Å². The van der Waals surface area contributed by atoms with E-state index in [2.05, 4.69) is 13.8 Å². The normalized spacial score (nSPS) is 27.6. The van der Waals surface area contributed by atoms with E-state index in [4.69, 9.17) is 23.7 Å². The van der Waals surface area contributed by atoms with Gasteiger partial charge in [0.25, 0.3) is 0 Å². The summed E-state index contributed by atoms with van der Waals surface area (Å²) in [4.78, 5) is 26.3. The highest BCUT2D eigenvalue weighted by molar-refractivity contribution is 5.82. The molecule has 0 aromatic heterocycles. The van der Waals surface area contributed by atoms with Gasteiger partial charge >= 0.3 is 11.9 Å². The molecule has 0 radical (unpaired) electrons. The van der Waals surface area contributed by atoms with E-state index in [-0.39, 0.29) is 61.8 Å². The van der Waals surface area contributed by atoms with Crippen LogP contribution in [0.25, 0.3) is 0 Å². The molecule has 8 unspecified atom stereocenters. The van der Waals surface area contributed by atoms with Gasteiger partial charge in [-0.15, -0.1) is 0 Å². The number of carbonyl (C=O) groups is 2. The van der Waals surface area contributed by atoms with Crippen molar-refractivity contribution >= 4 is 11.9 Å². The van der Waals surface area contributed by atoms with E-state index >= 15 is 0 Å². The summed E-state index contributed by atoms with van der Waals surface area (Å²) in [5, 5.41) is 0. The average molecular weight is 719 g/mol. The summed E-state index contributed by atoms with van der Waals surface area (Å²) in [6.07, 6.45) is 38.9. The molecule has 0 amide bonds. The van der Waals surface area contributed by atoms with Crippen molar-refractivity contribution in [2.75, 3.05) is 13.2 Å². The number of epoxide rings is 3. The number of hydrogen-bond donors (Lipinski definition) is 0. The Bertz CT molecular complexity index is 853. The summed E-state index contributed by atoms with van der Waals surface area (Å²) in [5.74, 6) is -1.60. The first kappa shape index (κ1) is 42.6. The molecule has 4 fully saturated rings. The molecule has 0 N–H and O–H groups in total. The Labute approximate surface area is 312 Å². The summed E-state index contributed by atoms with van der Waals surface area (Å²) < 4.78 is 28.8. The van der Waals surface area contributed by atoms with Crippen molar-refractivity contribution in [2.45, 2.75) is 243 Å². The van der Waals surface area contributed by atoms with Gasteiger partial charge in [-0.2, -0.15) is 0 Å². The van der Waals surface area contributed by atoms with Gasteiger partial charge in [0.1, 0.15) is 25.4 Å². The minimum Gasteiger partial charge on any atom is -0.463 e. The molecular formula is C44H78O7. The van der Waals surface area contributed by atoms with Gasteiger partial charge in [0, 0.05) is 0 Å². The minimum absolute atomic E-state index is 0.00375. The molecule has 8 atom stereocenters. The number of unbranched alkanes of at least 4 members (excludes halogenated alkanes) is 24. The van der Waals surface area contributed by atoms with Crippen LogP contribution in [0.5, 0.6) is 0 Å². The van der Waals surface area contributed by atoms with Gasteiger partial charge in [-0.1, -0.05) is 181 Å². The molecule has 4 rings (SSSR count). The molecule has 3 aliphatic heterocycles. The molecule has 0 spiro atoms. The van der Waals surface area contributed by atoms with E-state index in [9.17, 15) is 9.59 Å². The zero-order valence-corrected chi connectivity index (χ0v) is 33.1. The van der Waals surface area contributed by atoms with Gasteiger partial charge in [0.2, 0.25) is 0 Å². The maximum Gasteiger partial charge on any atom is 0.310 e. The first-order valence-electron chi connectivity index (χ1n) is 22.4.